The minimum atomic E-state index is -1.07. The van der Waals surface area contributed by atoms with Crippen LogP contribution < -0.4 is 0 Å². The zero-order chi connectivity index (χ0) is 21.7. The summed E-state index contributed by atoms with van der Waals surface area (Å²) in [6.45, 7) is 3.65. The molecule has 166 valence electrons. The molecule has 1 saturated heterocycles. The van der Waals surface area contributed by atoms with Gasteiger partial charge in [-0.15, -0.1) is 0 Å². The number of imidazole rings is 1. The SMILES string of the molecule is CCCCCCCC(=O)O[C@H]1[C@@H](O)[C@H](Cc2nc(C)c3ccc(Cl)nn23)O[C@@H]1CO. The second kappa shape index (κ2) is 10.5. The van der Waals surface area contributed by atoms with Gasteiger partial charge in [0.05, 0.1) is 23.9 Å². The van der Waals surface area contributed by atoms with Gasteiger partial charge in [0.25, 0.3) is 0 Å². The van der Waals surface area contributed by atoms with Crippen LogP contribution in [0.1, 0.15) is 57.0 Å². The highest BCUT2D eigenvalue weighted by molar-refractivity contribution is 6.29. The lowest BCUT2D eigenvalue weighted by Gasteiger charge is -2.19. The Labute approximate surface area is 181 Å². The van der Waals surface area contributed by atoms with Gasteiger partial charge in [-0.1, -0.05) is 44.2 Å². The molecule has 0 amide bonds. The number of hydrogen-bond acceptors (Lipinski definition) is 7. The second-order valence-corrected chi connectivity index (χ2v) is 8.16. The number of ether oxygens (including phenoxy) is 2. The number of aliphatic hydroxyl groups excluding tert-OH is 2. The predicted molar refractivity (Wildman–Crippen MR) is 111 cm³/mol. The van der Waals surface area contributed by atoms with Crippen LogP contribution in [0.5, 0.6) is 0 Å². The van der Waals surface area contributed by atoms with Crippen molar-refractivity contribution in [1.82, 2.24) is 14.6 Å². The Hall–Kier alpha value is -1.74. The summed E-state index contributed by atoms with van der Waals surface area (Å²) in [7, 11) is 0. The van der Waals surface area contributed by atoms with Gasteiger partial charge >= 0.3 is 5.97 Å². The minimum absolute atomic E-state index is 0.241. The van der Waals surface area contributed by atoms with Gasteiger partial charge < -0.3 is 19.7 Å². The van der Waals surface area contributed by atoms with Crippen LogP contribution in [-0.4, -0.2) is 61.8 Å². The zero-order valence-corrected chi connectivity index (χ0v) is 18.2. The van der Waals surface area contributed by atoms with Crippen molar-refractivity contribution in [3.05, 3.63) is 28.8 Å². The number of fused-ring (bicyclic) bond motifs is 1. The van der Waals surface area contributed by atoms with Gasteiger partial charge in [0.2, 0.25) is 0 Å². The molecule has 2 N–H and O–H groups in total. The van der Waals surface area contributed by atoms with Gasteiger partial charge in [0, 0.05) is 12.8 Å². The molecule has 0 aromatic carbocycles. The molecule has 3 heterocycles. The molecule has 2 aromatic rings. The summed E-state index contributed by atoms with van der Waals surface area (Å²) in [5, 5.41) is 25.0. The van der Waals surface area contributed by atoms with E-state index in [1.807, 2.05) is 13.0 Å². The van der Waals surface area contributed by atoms with E-state index in [0.717, 1.165) is 43.3 Å². The van der Waals surface area contributed by atoms with Crippen molar-refractivity contribution < 1.29 is 24.5 Å². The fourth-order valence-corrected chi connectivity index (χ4v) is 3.98. The van der Waals surface area contributed by atoms with E-state index in [-0.39, 0.29) is 19.0 Å². The Morgan fingerprint density at radius 3 is 2.77 bits per heavy atom. The molecular formula is C21H30ClN3O5. The smallest absolute Gasteiger partial charge is 0.306 e. The zero-order valence-electron chi connectivity index (χ0n) is 17.5. The third-order valence-electron chi connectivity index (χ3n) is 5.46. The van der Waals surface area contributed by atoms with E-state index < -0.39 is 24.4 Å². The highest BCUT2D eigenvalue weighted by Crippen LogP contribution is 2.27. The Morgan fingerprint density at radius 1 is 1.27 bits per heavy atom. The van der Waals surface area contributed by atoms with Gasteiger partial charge in [-0.25, -0.2) is 9.50 Å². The number of carbonyl (C=O) groups excluding carboxylic acids is 1. The summed E-state index contributed by atoms with van der Waals surface area (Å²) in [4.78, 5) is 16.7. The number of aryl methyl sites for hydroxylation is 1. The molecule has 1 aliphatic rings. The molecule has 0 aliphatic carbocycles. The summed E-state index contributed by atoms with van der Waals surface area (Å²) in [5.41, 5.74) is 1.60. The van der Waals surface area contributed by atoms with Crippen LogP contribution in [-0.2, 0) is 20.7 Å². The van der Waals surface area contributed by atoms with Gasteiger partial charge in [0.1, 0.15) is 23.2 Å². The molecule has 30 heavy (non-hydrogen) atoms. The molecule has 3 rings (SSSR count). The summed E-state index contributed by atoms with van der Waals surface area (Å²) in [5.74, 6) is 0.197. The number of hydrogen-bond donors (Lipinski definition) is 2. The maximum atomic E-state index is 12.2. The van der Waals surface area contributed by atoms with E-state index in [4.69, 9.17) is 21.1 Å². The molecule has 0 unspecified atom stereocenters. The van der Waals surface area contributed by atoms with Crippen molar-refractivity contribution >= 4 is 23.1 Å². The first-order valence-corrected chi connectivity index (χ1v) is 11.0. The fraction of sp³-hybridized carbons (Fsp3) is 0.667. The molecule has 0 spiro atoms. The lowest BCUT2D eigenvalue weighted by atomic mass is 10.1. The lowest BCUT2D eigenvalue weighted by Crippen LogP contribution is -2.38. The number of carbonyl (C=O) groups is 1. The van der Waals surface area contributed by atoms with Crippen molar-refractivity contribution in [1.29, 1.82) is 0 Å². The van der Waals surface area contributed by atoms with Crippen LogP contribution in [0.15, 0.2) is 12.1 Å². The molecule has 0 bridgehead atoms. The number of aromatic nitrogens is 3. The fourth-order valence-electron chi connectivity index (χ4n) is 3.84. The van der Waals surface area contributed by atoms with Crippen LogP contribution >= 0.6 is 11.6 Å². The van der Waals surface area contributed by atoms with Gasteiger partial charge in [-0.05, 0) is 25.5 Å². The maximum Gasteiger partial charge on any atom is 0.306 e. The molecule has 2 aromatic heterocycles. The van der Waals surface area contributed by atoms with Crippen LogP contribution in [0.25, 0.3) is 5.52 Å². The first-order valence-electron chi connectivity index (χ1n) is 10.6. The molecular weight excluding hydrogens is 410 g/mol. The maximum absolute atomic E-state index is 12.2. The first kappa shape index (κ1) is 22.9. The predicted octanol–water partition coefficient (Wildman–Crippen LogP) is 2.63. The van der Waals surface area contributed by atoms with Gasteiger partial charge in [0.15, 0.2) is 6.10 Å². The van der Waals surface area contributed by atoms with Crippen molar-refractivity contribution in [2.45, 2.75) is 83.2 Å². The molecule has 9 heteroatoms. The molecule has 8 nitrogen and oxygen atoms in total. The van der Waals surface area contributed by atoms with Crippen molar-refractivity contribution in [2.75, 3.05) is 6.61 Å². The minimum Gasteiger partial charge on any atom is -0.457 e. The van der Waals surface area contributed by atoms with E-state index >= 15 is 0 Å². The summed E-state index contributed by atoms with van der Waals surface area (Å²) < 4.78 is 12.9. The monoisotopic (exact) mass is 439 g/mol. The topological polar surface area (TPSA) is 106 Å². The summed E-state index contributed by atoms with van der Waals surface area (Å²) >= 11 is 6.01. The van der Waals surface area contributed by atoms with E-state index in [0.29, 0.717) is 17.4 Å². The van der Waals surface area contributed by atoms with Crippen molar-refractivity contribution in [3.8, 4) is 0 Å². The average Bonchev–Trinajstić information content (AvgIpc) is 3.18. The molecule has 1 fully saturated rings. The highest BCUT2D eigenvalue weighted by Gasteiger charge is 2.46. The van der Waals surface area contributed by atoms with Gasteiger partial charge in [-0.3, -0.25) is 4.79 Å². The molecule has 0 radical (unpaired) electrons. The number of halogens is 1. The molecule has 1 aliphatic heterocycles. The number of nitrogens with zero attached hydrogens (tertiary/aromatic N) is 3. The van der Waals surface area contributed by atoms with Crippen LogP contribution in [0.3, 0.4) is 0 Å². The van der Waals surface area contributed by atoms with E-state index in [1.54, 1.807) is 10.6 Å². The van der Waals surface area contributed by atoms with E-state index in [1.165, 1.54) is 0 Å². The number of aliphatic hydroxyl groups is 2. The standard InChI is InChI=1S/C21H30ClN3O5/c1-3-4-5-6-7-8-19(27)30-21-16(12-26)29-15(20(21)28)11-18-23-13(2)14-9-10-17(22)24-25(14)18/h9-10,15-16,20-21,26,28H,3-8,11-12H2,1-2H3/t15-,16+,20-,21+/m0/s1. The highest BCUT2D eigenvalue weighted by atomic mass is 35.5. The molecule has 4 atom stereocenters. The number of esters is 1. The van der Waals surface area contributed by atoms with Crippen molar-refractivity contribution in [2.24, 2.45) is 0 Å². The summed E-state index contributed by atoms with van der Waals surface area (Å²) in [6, 6.07) is 3.52. The van der Waals surface area contributed by atoms with Crippen molar-refractivity contribution in [3.63, 3.8) is 0 Å². The second-order valence-electron chi connectivity index (χ2n) is 7.78. The largest absolute Gasteiger partial charge is 0.457 e. The third kappa shape index (κ3) is 5.29. The van der Waals surface area contributed by atoms with E-state index in [2.05, 4.69) is 17.0 Å². The van der Waals surface area contributed by atoms with Crippen LogP contribution in [0.4, 0.5) is 0 Å². The quantitative estimate of drug-likeness (QED) is 0.433. The Kier molecular flexibility index (Phi) is 8.05. The van der Waals surface area contributed by atoms with E-state index in [9.17, 15) is 15.0 Å². The van der Waals surface area contributed by atoms with Gasteiger partial charge in [-0.2, -0.15) is 5.10 Å². The lowest BCUT2D eigenvalue weighted by molar-refractivity contribution is -0.156. The molecule has 0 saturated carbocycles. The Bertz CT molecular complexity index is 859. The number of rotatable bonds is 10. The van der Waals surface area contributed by atoms with Crippen LogP contribution in [0.2, 0.25) is 5.15 Å². The Balaban J connectivity index is 1.63. The van der Waals surface area contributed by atoms with Crippen LogP contribution in [0, 0.1) is 6.92 Å². The average molecular weight is 440 g/mol. The summed E-state index contributed by atoms with van der Waals surface area (Å²) in [6.07, 6.45) is 2.20. The third-order valence-corrected chi connectivity index (χ3v) is 5.67. The normalized spacial score (nSPS) is 23.9. The number of unbranched alkanes of at least 4 members (excludes halogenated alkanes) is 4. The first-order chi connectivity index (χ1) is 14.4. The Morgan fingerprint density at radius 2 is 2.03 bits per heavy atom.